The first-order valence-corrected chi connectivity index (χ1v) is 6.86. The van der Waals surface area contributed by atoms with E-state index in [1.54, 1.807) is 6.20 Å². The van der Waals surface area contributed by atoms with Crippen LogP contribution in [0.5, 0.6) is 0 Å². The van der Waals surface area contributed by atoms with Gasteiger partial charge in [-0.15, -0.1) is 24.0 Å². The van der Waals surface area contributed by atoms with Crippen molar-refractivity contribution in [3.63, 3.8) is 0 Å². The molecule has 0 aliphatic carbocycles. The number of aromatic nitrogens is 1. The van der Waals surface area contributed by atoms with Gasteiger partial charge in [0.25, 0.3) is 0 Å². The Morgan fingerprint density at radius 1 is 1.30 bits per heavy atom. The fourth-order valence-electron chi connectivity index (χ4n) is 1.52. The van der Waals surface area contributed by atoms with Crippen molar-refractivity contribution in [1.29, 1.82) is 0 Å². The Morgan fingerprint density at radius 3 is 2.70 bits per heavy atom. The molecule has 0 bridgehead atoms. The molecule has 5 nitrogen and oxygen atoms in total. The van der Waals surface area contributed by atoms with E-state index in [9.17, 15) is 0 Å². The van der Waals surface area contributed by atoms with Crippen LogP contribution in [-0.2, 0) is 6.54 Å². The minimum Gasteiger partial charge on any atom is -0.357 e. The number of hydrogen-bond acceptors (Lipinski definition) is 3. The third-order valence-electron chi connectivity index (χ3n) is 2.80. The number of rotatable bonds is 7. The van der Waals surface area contributed by atoms with Crippen molar-refractivity contribution in [2.24, 2.45) is 4.99 Å². The summed E-state index contributed by atoms with van der Waals surface area (Å²) >= 11 is 0. The molecular formula is C14H26IN5. The Balaban J connectivity index is 0.00000361. The van der Waals surface area contributed by atoms with Gasteiger partial charge in [0.2, 0.25) is 0 Å². The summed E-state index contributed by atoms with van der Waals surface area (Å²) in [6.07, 6.45) is 1.79. The van der Waals surface area contributed by atoms with E-state index in [2.05, 4.69) is 46.4 Å². The summed E-state index contributed by atoms with van der Waals surface area (Å²) in [6, 6.07) is 5.88. The van der Waals surface area contributed by atoms with E-state index < -0.39 is 0 Å². The van der Waals surface area contributed by atoms with Crippen LogP contribution >= 0.6 is 24.0 Å². The van der Waals surface area contributed by atoms with Crippen LogP contribution in [0.4, 0.5) is 0 Å². The second-order valence-corrected chi connectivity index (χ2v) is 4.34. The standard InChI is InChI=1S/C14H25N5.HI/c1-4-15-14(17-10-11-19(3)5-2)18-12-13-8-6-7-9-16-13;/h6-9H,4-5,10-12H2,1-3H3,(H2,15,17,18);1H. The van der Waals surface area contributed by atoms with E-state index in [0.717, 1.165) is 37.8 Å². The molecule has 20 heavy (non-hydrogen) atoms. The smallest absolute Gasteiger partial charge is 0.191 e. The number of nitrogens with zero attached hydrogens (tertiary/aromatic N) is 3. The first kappa shape index (κ1) is 19.1. The molecule has 1 aromatic heterocycles. The molecule has 1 heterocycles. The minimum absolute atomic E-state index is 0. The number of hydrogen-bond donors (Lipinski definition) is 2. The van der Waals surface area contributed by atoms with Crippen LogP contribution in [0.15, 0.2) is 29.4 Å². The Kier molecular flexibility index (Phi) is 11.4. The van der Waals surface area contributed by atoms with Gasteiger partial charge in [-0.2, -0.15) is 0 Å². The van der Waals surface area contributed by atoms with Crippen molar-refractivity contribution < 1.29 is 0 Å². The summed E-state index contributed by atoms with van der Waals surface area (Å²) in [5, 5.41) is 6.56. The summed E-state index contributed by atoms with van der Waals surface area (Å²) in [5.41, 5.74) is 0.977. The maximum Gasteiger partial charge on any atom is 0.191 e. The van der Waals surface area contributed by atoms with Crippen LogP contribution in [0.2, 0.25) is 0 Å². The zero-order chi connectivity index (χ0) is 13.9. The topological polar surface area (TPSA) is 52.6 Å². The molecule has 0 unspecified atom stereocenters. The second-order valence-electron chi connectivity index (χ2n) is 4.34. The van der Waals surface area contributed by atoms with Crippen LogP contribution in [0, 0.1) is 0 Å². The third kappa shape index (κ3) is 8.31. The van der Waals surface area contributed by atoms with Gasteiger partial charge in [-0.3, -0.25) is 4.98 Å². The molecule has 0 aliphatic rings. The van der Waals surface area contributed by atoms with Crippen molar-refractivity contribution in [3.05, 3.63) is 30.1 Å². The van der Waals surface area contributed by atoms with E-state index >= 15 is 0 Å². The van der Waals surface area contributed by atoms with Gasteiger partial charge in [0.05, 0.1) is 12.2 Å². The van der Waals surface area contributed by atoms with Crippen molar-refractivity contribution in [2.75, 3.05) is 33.2 Å². The van der Waals surface area contributed by atoms with Gasteiger partial charge in [0, 0.05) is 25.8 Å². The quantitative estimate of drug-likeness (QED) is 0.422. The number of likely N-dealkylation sites (N-methyl/N-ethyl adjacent to an activating group) is 1. The number of pyridine rings is 1. The van der Waals surface area contributed by atoms with Crippen LogP contribution in [0.3, 0.4) is 0 Å². The predicted octanol–water partition coefficient (Wildman–Crippen LogP) is 1.71. The van der Waals surface area contributed by atoms with E-state index in [1.807, 2.05) is 18.2 Å². The van der Waals surface area contributed by atoms with E-state index in [-0.39, 0.29) is 24.0 Å². The van der Waals surface area contributed by atoms with Gasteiger partial charge in [-0.25, -0.2) is 4.99 Å². The Labute approximate surface area is 139 Å². The molecule has 0 amide bonds. The first-order valence-electron chi connectivity index (χ1n) is 6.86. The lowest BCUT2D eigenvalue weighted by Gasteiger charge is -2.16. The fraction of sp³-hybridized carbons (Fsp3) is 0.571. The van der Waals surface area contributed by atoms with Gasteiger partial charge in [-0.05, 0) is 32.6 Å². The van der Waals surface area contributed by atoms with Gasteiger partial charge < -0.3 is 15.5 Å². The van der Waals surface area contributed by atoms with Crippen LogP contribution in [-0.4, -0.2) is 49.1 Å². The summed E-state index contributed by atoms with van der Waals surface area (Å²) in [7, 11) is 2.11. The molecule has 0 aromatic carbocycles. The highest BCUT2D eigenvalue weighted by Gasteiger charge is 1.99. The zero-order valence-electron chi connectivity index (χ0n) is 12.6. The predicted molar refractivity (Wildman–Crippen MR) is 95.6 cm³/mol. The molecule has 6 heteroatoms. The normalized spacial score (nSPS) is 11.1. The molecule has 0 aliphatic heterocycles. The molecule has 0 saturated carbocycles. The number of nitrogens with one attached hydrogen (secondary N) is 2. The van der Waals surface area contributed by atoms with Crippen molar-refractivity contribution in [1.82, 2.24) is 20.5 Å². The summed E-state index contributed by atoms with van der Waals surface area (Å²) in [5.74, 6) is 0.845. The lowest BCUT2D eigenvalue weighted by atomic mass is 10.3. The lowest BCUT2D eigenvalue weighted by Crippen LogP contribution is -2.40. The molecular weight excluding hydrogens is 365 g/mol. The minimum atomic E-state index is 0. The number of guanidine groups is 1. The molecule has 0 spiro atoms. The summed E-state index contributed by atoms with van der Waals surface area (Å²) in [6.45, 7) is 8.63. The lowest BCUT2D eigenvalue weighted by molar-refractivity contribution is 0.357. The highest BCUT2D eigenvalue weighted by molar-refractivity contribution is 14.0. The maximum atomic E-state index is 4.52. The molecule has 0 saturated heterocycles. The highest BCUT2D eigenvalue weighted by Crippen LogP contribution is 1.95. The number of aliphatic imine (C=N–C) groups is 1. The molecule has 0 radical (unpaired) electrons. The van der Waals surface area contributed by atoms with Gasteiger partial charge in [0.1, 0.15) is 0 Å². The number of halogens is 1. The molecule has 0 fully saturated rings. The third-order valence-corrected chi connectivity index (χ3v) is 2.80. The Morgan fingerprint density at radius 2 is 2.10 bits per heavy atom. The van der Waals surface area contributed by atoms with Gasteiger partial charge in [-0.1, -0.05) is 13.0 Å². The molecule has 2 N–H and O–H groups in total. The van der Waals surface area contributed by atoms with Crippen molar-refractivity contribution >= 4 is 29.9 Å². The average molecular weight is 391 g/mol. The van der Waals surface area contributed by atoms with Crippen LogP contribution in [0.1, 0.15) is 19.5 Å². The monoisotopic (exact) mass is 391 g/mol. The average Bonchev–Trinajstić information content (AvgIpc) is 2.45. The molecule has 114 valence electrons. The second kappa shape index (κ2) is 11.9. The molecule has 0 atom stereocenters. The van der Waals surface area contributed by atoms with E-state index in [0.29, 0.717) is 6.54 Å². The highest BCUT2D eigenvalue weighted by atomic mass is 127. The van der Waals surface area contributed by atoms with Crippen LogP contribution in [0.25, 0.3) is 0 Å². The van der Waals surface area contributed by atoms with Gasteiger partial charge in [0.15, 0.2) is 5.96 Å². The largest absolute Gasteiger partial charge is 0.357 e. The van der Waals surface area contributed by atoms with E-state index in [4.69, 9.17) is 0 Å². The first-order chi connectivity index (χ1) is 9.26. The fourth-order valence-corrected chi connectivity index (χ4v) is 1.52. The Bertz CT molecular complexity index is 369. The van der Waals surface area contributed by atoms with Gasteiger partial charge >= 0.3 is 0 Å². The Hall–Kier alpha value is -0.890. The van der Waals surface area contributed by atoms with Crippen molar-refractivity contribution in [3.8, 4) is 0 Å². The zero-order valence-corrected chi connectivity index (χ0v) is 14.9. The SMILES string of the molecule is CCNC(=NCc1ccccn1)NCCN(C)CC.I. The summed E-state index contributed by atoms with van der Waals surface area (Å²) < 4.78 is 0. The maximum absolute atomic E-state index is 4.52. The van der Waals surface area contributed by atoms with Crippen LogP contribution < -0.4 is 10.6 Å². The van der Waals surface area contributed by atoms with E-state index in [1.165, 1.54) is 0 Å². The summed E-state index contributed by atoms with van der Waals surface area (Å²) in [4.78, 5) is 11.0. The van der Waals surface area contributed by atoms with Crippen molar-refractivity contribution in [2.45, 2.75) is 20.4 Å². The molecule has 1 aromatic rings. The molecule has 1 rings (SSSR count).